The molecule has 0 aliphatic carbocycles. The Morgan fingerprint density at radius 1 is 1.28 bits per heavy atom. The summed E-state index contributed by atoms with van der Waals surface area (Å²) >= 11 is 4.89. The first-order valence-corrected chi connectivity index (χ1v) is 13.8. The predicted molar refractivity (Wildman–Crippen MR) is 136 cm³/mol. The summed E-state index contributed by atoms with van der Waals surface area (Å²) in [6, 6.07) is 7.86. The molecule has 4 rings (SSSR count). The van der Waals surface area contributed by atoms with Crippen molar-refractivity contribution in [2.45, 2.75) is 69.3 Å². The largest absolute Gasteiger partial charge is 0.369 e. The minimum atomic E-state index is -0.166. The van der Waals surface area contributed by atoms with Gasteiger partial charge in [0.05, 0.1) is 18.0 Å². The van der Waals surface area contributed by atoms with Gasteiger partial charge in [-0.15, -0.1) is 11.3 Å². The second-order valence-corrected chi connectivity index (χ2v) is 11.4. The van der Waals surface area contributed by atoms with Crippen molar-refractivity contribution >= 4 is 56.7 Å². The summed E-state index contributed by atoms with van der Waals surface area (Å²) in [5, 5.41) is 5.81. The molecule has 170 valence electrons. The van der Waals surface area contributed by atoms with Crippen LogP contribution >= 0.6 is 34.9 Å². The fourth-order valence-corrected chi connectivity index (χ4v) is 6.50. The van der Waals surface area contributed by atoms with E-state index in [1.807, 2.05) is 31.2 Å². The lowest BCUT2D eigenvalue weighted by atomic mass is 9.90. The fraction of sp³-hybridized carbons (Fsp3) is 0.458. The topological polar surface area (TPSA) is 64.1 Å². The molecule has 1 amide bonds. The monoisotopic (exact) mass is 487 g/mol. The second-order valence-electron chi connectivity index (χ2n) is 8.32. The first-order chi connectivity index (χ1) is 15.4. The zero-order valence-electron chi connectivity index (χ0n) is 19.0. The van der Waals surface area contributed by atoms with Gasteiger partial charge in [-0.3, -0.25) is 4.79 Å². The Balaban J connectivity index is 1.62. The van der Waals surface area contributed by atoms with Crippen molar-refractivity contribution in [2.75, 3.05) is 16.8 Å². The quantitative estimate of drug-likeness (QED) is 0.223. The van der Waals surface area contributed by atoms with Crippen LogP contribution in [0.4, 0.5) is 5.69 Å². The number of hydrogen-bond acceptors (Lipinski definition) is 7. The Hall–Kier alpha value is -1.61. The number of ether oxygens (including phenoxy) is 1. The van der Waals surface area contributed by atoms with E-state index in [0.717, 1.165) is 56.7 Å². The smallest absolute Gasteiger partial charge is 0.234 e. The molecular formula is C24H29N3O2S3. The van der Waals surface area contributed by atoms with Crippen molar-refractivity contribution in [3.8, 4) is 0 Å². The third-order valence-corrected chi connectivity index (χ3v) is 8.74. The van der Waals surface area contributed by atoms with Crippen LogP contribution in [0.1, 0.15) is 49.6 Å². The zero-order chi connectivity index (χ0) is 22.7. The van der Waals surface area contributed by atoms with Crippen LogP contribution in [0.25, 0.3) is 10.2 Å². The normalized spacial score (nSPS) is 18.0. The van der Waals surface area contributed by atoms with E-state index in [4.69, 9.17) is 14.7 Å². The van der Waals surface area contributed by atoms with Gasteiger partial charge >= 0.3 is 0 Å². The van der Waals surface area contributed by atoms with Gasteiger partial charge in [0.25, 0.3) is 0 Å². The number of thiophene rings is 1. The highest BCUT2D eigenvalue weighted by molar-refractivity contribution is 8.00. The minimum Gasteiger partial charge on any atom is -0.369 e. The molecule has 1 atom stereocenters. The van der Waals surface area contributed by atoms with Crippen molar-refractivity contribution < 1.29 is 9.53 Å². The van der Waals surface area contributed by atoms with Gasteiger partial charge in [0.1, 0.15) is 9.86 Å². The molecular weight excluding hydrogens is 458 g/mol. The van der Waals surface area contributed by atoms with Gasteiger partial charge in [-0.25, -0.2) is 9.97 Å². The third-order valence-electron chi connectivity index (χ3n) is 5.61. The fourth-order valence-electron chi connectivity index (χ4n) is 3.66. The standard InChI is InChI=1S/C24H29N3O2S3/c1-5-10-30-23-26-21(31-14-19(28)25-16-9-7-8-15(3)11-16)20-17-12-24(4,6-2)29-13-18(17)32-22(20)27-23/h7-9,11H,5-6,10,12-14H2,1-4H3,(H,25,28). The number of aryl methyl sites for hydroxylation is 1. The van der Waals surface area contributed by atoms with Crippen LogP contribution in [-0.2, 0) is 22.6 Å². The Bertz CT molecular complexity index is 1130. The molecule has 3 heterocycles. The molecule has 32 heavy (non-hydrogen) atoms. The third kappa shape index (κ3) is 5.30. The summed E-state index contributed by atoms with van der Waals surface area (Å²) in [4.78, 5) is 24.7. The van der Waals surface area contributed by atoms with Crippen LogP contribution in [0.15, 0.2) is 34.4 Å². The van der Waals surface area contributed by atoms with E-state index in [9.17, 15) is 4.79 Å². The van der Waals surface area contributed by atoms with E-state index in [1.54, 1.807) is 23.1 Å². The summed E-state index contributed by atoms with van der Waals surface area (Å²) in [7, 11) is 0. The summed E-state index contributed by atoms with van der Waals surface area (Å²) in [6.07, 6.45) is 2.88. The van der Waals surface area contributed by atoms with Gasteiger partial charge < -0.3 is 10.1 Å². The molecule has 0 bridgehead atoms. The number of nitrogens with one attached hydrogen (secondary N) is 1. The SMILES string of the molecule is CCCSc1nc(SCC(=O)Nc2cccc(C)c2)c2c3c(sc2n1)COC(C)(CC)C3. The molecule has 1 N–H and O–H groups in total. The summed E-state index contributed by atoms with van der Waals surface area (Å²) in [5.41, 5.74) is 3.08. The van der Waals surface area contributed by atoms with Crippen LogP contribution in [0.2, 0.25) is 0 Å². The molecule has 2 aromatic heterocycles. The Labute approximate surface area is 202 Å². The highest BCUT2D eigenvalue weighted by atomic mass is 32.2. The molecule has 0 fully saturated rings. The maximum Gasteiger partial charge on any atom is 0.234 e. The Morgan fingerprint density at radius 2 is 2.12 bits per heavy atom. The van der Waals surface area contributed by atoms with Crippen molar-refractivity contribution in [1.82, 2.24) is 9.97 Å². The van der Waals surface area contributed by atoms with Gasteiger partial charge in [-0.05, 0) is 49.9 Å². The molecule has 1 unspecified atom stereocenters. The first-order valence-electron chi connectivity index (χ1n) is 11.0. The molecule has 3 aromatic rings. The molecule has 1 aliphatic rings. The molecule has 0 saturated carbocycles. The molecule has 0 spiro atoms. The number of anilines is 1. The number of hydrogen-bond donors (Lipinski definition) is 1. The minimum absolute atomic E-state index is 0.0269. The van der Waals surface area contributed by atoms with E-state index in [0.29, 0.717) is 12.4 Å². The molecule has 0 radical (unpaired) electrons. The Kier molecular flexibility index (Phi) is 7.44. The predicted octanol–water partition coefficient (Wildman–Crippen LogP) is 6.47. The van der Waals surface area contributed by atoms with Crippen molar-refractivity contribution in [1.29, 1.82) is 0 Å². The second kappa shape index (κ2) is 10.1. The molecule has 8 heteroatoms. The Morgan fingerprint density at radius 3 is 2.88 bits per heavy atom. The van der Waals surface area contributed by atoms with Crippen LogP contribution in [0.3, 0.4) is 0 Å². The maximum atomic E-state index is 12.7. The average Bonchev–Trinajstić information content (AvgIpc) is 3.13. The van der Waals surface area contributed by atoms with Crippen molar-refractivity contribution in [3.63, 3.8) is 0 Å². The highest BCUT2D eigenvalue weighted by Crippen LogP contribution is 2.43. The maximum absolute atomic E-state index is 12.7. The number of fused-ring (bicyclic) bond motifs is 3. The highest BCUT2D eigenvalue weighted by Gasteiger charge is 2.33. The van der Waals surface area contributed by atoms with E-state index >= 15 is 0 Å². The molecule has 1 aliphatic heterocycles. The summed E-state index contributed by atoms with van der Waals surface area (Å²) in [5.74, 6) is 1.26. The number of carbonyl (C=O) groups excluding carboxylic acids is 1. The lowest BCUT2D eigenvalue weighted by molar-refractivity contribution is -0.113. The lowest BCUT2D eigenvalue weighted by Crippen LogP contribution is -2.33. The first kappa shape index (κ1) is 23.5. The van der Waals surface area contributed by atoms with E-state index < -0.39 is 0 Å². The number of thioether (sulfide) groups is 2. The molecule has 5 nitrogen and oxygen atoms in total. The van der Waals surface area contributed by atoms with Gasteiger partial charge in [-0.1, -0.05) is 49.5 Å². The number of amides is 1. The van der Waals surface area contributed by atoms with Gasteiger partial charge in [0.2, 0.25) is 5.91 Å². The van der Waals surface area contributed by atoms with Crippen molar-refractivity contribution in [3.05, 3.63) is 40.3 Å². The van der Waals surface area contributed by atoms with Crippen molar-refractivity contribution in [2.24, 2.45) is 0 Å². The van der Waals surface area contributed by atoms with E-state index in [-0.39, 0.29) is 11.5 Å². The zero-order valence-corrected chi connectivity index (χ0v) is 21.4. The summed E-state index contributed by atoms with van der Waals surface area (Å²) in [6.45, 7) is 9.14. The van der Waals surface area contributed by atoms with E-state index in [2.05, 4.69) is 26.1 Å². The number of aromatic nitrogens is 2. The number of benzene rings is 1. The molecule has 0 saturated heterocycles. The van der Waals surface area contributed by atoms with Crippen LogP contribution in [0, 0.1) is 6.92 Å². The van der Waals surface area contributed by atoms with Crippen LogP contribution in [-0.4, -0.2) is 33.0 Å². The number of nitrogens with zero attached hydrogens (tertiary/aromatic N) is 2. The summed E-state index contributed by atoms with van der Waals surface area (Å²) < 4.78 is 6.17. The van der Waals surface area contributed by atoms with Gasteiger partial charge in [0, 0.05) is 28.1 Å². The average molecular weight is 488 g/mol. The number of rotatable bonds is 8. The number of carbonyl (C=O) groups is 1. The van der Waals surface area contributed by atoms with Crippen LogP contribution < -0.4 is 5.32 Å². The van der Waals surface area contributed by atoms with Gasteiger partial charge in [0.15, 0.2) is 5.16 Å². The van der Waals surface area contributed by atoms with Crippen LogP contribution in [0.5, 0.6) is 0 Å². The lowest BCUT2D eigenvalue weighted by Gasteiger charge is -2.33. The molecule has 1 aromatic carbocycles. The van der Waals surface area contributed by atoms with Gasteiger partial charge in [-0.2, -0.15) is 0 Å². The van der Waals surface area contributed by atoms with E-state index in [1.165, 1.54) is 22.2 Å².